The SMILES string of the molecule is CNCc1ccccc1NC(=O)c1cc(Cl)cc(Cl)c1. The van der Waals surface area contributed by atoms with E-state index in [4.69, 9.17) is 23.2 Å². The number of carbonyl (C=O) groups excluding carboxylic acids is 1. The first kappa shape index (κ1) is 14.9. The molecule has 0 heterocycles. The van der Waals surface area contributed by atoms with Crippen LogP contribution in [0.25, 0.3) is 0 Å². The smallest absolute Gasteiger partial charge is 0.255 e. The average Bonchev–Trinajstić information content (AvgIpc) is 2.40. The number of halogens is 2. The summed E-state index contributed by atoms with van der Waals surface area (Å²) in [6.07, 6.45) is 0. The van der Waals surface area contributed by atoms with Gasteiger partial charge in [-0.05, 0) is 36.9 Å². The number of rotatable bonds is 4. The third-order valence-corrected chi connectivity index (χ3v) is 3.19. The van der Waals surface area contributed by atoms with Crippen molar-refractivity contribution in [3.05, 3.63) is 63.6 Å². The van der Waals surface area contributed by atoms with Gasteiger partial charge < -0.3 is 10.6 Å². The van der Waals surface area contributed by atoms with Gasteiger partial charge in [0.25, 0.3) is 5.91 Å². The van der Waals surface area contributed by atoms with Gasteiger partial charge in [0.05, 0.1) is 0 Å². The van der Waals surface area contributed by atoms with Crippen LogP contribution in [-0.4, -0.2) is 13.0 Å². The molecule has 0 fully saturated rings. The fraction of sp³-hybridized carbons (Fsp3) is 0.133. The first-order valence-electron chi connectivity index (χ1n) is 6.10. The first-order chi connectivity index (χ1) is 9.60. The summed E-state index contributed by atoms with van der Waals surface area (Å²) in [6.45, 7) is 0.673. The van der Waals surface area contributed by atoms with E-state index in [1.807, 2.05) is 31.3 Å². The number of anilines is 1. The van der Waals surface area contributed by atoms with Crippen LogP contribution in [0.2, 0.25) is 10.0 Å². The van der Waals surface area contributed by atoms with Gasteiger partial charge in [-0.25, -0.2) is 0 Å². The van der Waals surface area contributed by atoms with Gasteiger partial charge >= 0.3 is 0 Å². The molecule has 0 aliphatic heterocycles. The van der Waals surface area contributed by atoms with E-state index >= 15 is 0 Å². The highest BCUT2D eigenvalue weighted by molar-refractivity contribution is 6.35. The summed E-state index contributed by atoms with van der Waals surface area (Å²) in [4.78, 5) is 12.2. The van der Waals surface area contributed by atoms with Crippen molar-refractivity contribution < 1.29 is 4.79 Å². The predicted octanol–water partition coefficient (Wildman–Crippen LogP) is 3.97. The summed E-state index contributed by atoms with van der Waals surface area (Å²) in [5.41, 5.74) is 2.21. The molecule has 5 heteroatoms. The molecule has 20 heavy (non-hydrogen) atoms. The maximum Gasteiger partial charge on any atom is 0.255 e. The Hall–Kier alpha value is -1.55. The first-order valence-corrected chi connectivity index (χ1v) is 6.85. The van der Waals surface area contributed by atoms with Crippen LogP contribution >= 0.6 is 23.2 Å². The predicted molar refractivity (Wildman–Crippen MR) is 83.6 cm³/mol. The van der Waals surface area contributed by atoms with E-state index in [-0.39, 0.29) is 5.91 Å². The summed E-state index contributed by atoms with van der Waals surface area (Å²) in [5, 5.41) is 6.80. The number of carbonyl (C=O) groups is 1. The monoisotopic (exact) mass is 308 g/mol. The maximum absolute atomic E-state index is 12.2. The molecular weight excluding hydrogens is 295 g/mol. The van der Waals surface area contributed by atoms with Gasteiger partial charge in [-0.2, -0.15) is 0 Å². The topological polar surface area (TPSA) is 41.1 Å². The van der Waals surface area contributed by atoms with Crippen LogP contribution in [0.4, 0.5) is 5.69 Å². The summed E-state index contributed by atoms with van der Waals surface area (Å²) < 4.78 is 0. The molecule has 0 bridgehead atoms. The van der Waals surface area contributed by atoms with Crippen LogP contribution in [0, 0.1) is 0 Å². The lowest BCUT2D eigenvalue weighted by molar-refractivity contribution is 0.102. The van der Waals surface area contributed by atoms with Crippen molar-refractivity contribution in [1.29, 1.82) is 0 Å². The van der Waals surface area contributed by atoms with Crippen molar-refractivity contribution in [2.24, 2.45) is 0 Å². The highest BCUT2D eigenvalue weighted by Gasteiger charge is 2.10. The number of amides is 1. The molecule has 0 saturated carbocycles. The summed E-state index contributed by atoms with van der Waals surface area (Å²) >= 11 is 11.8. The zero-order chi connectivity index (χ0) is 14.5. The van der Waals surface area contributed by atoms with Gasteiger partial charge in [-0.3, -0.25) is 4.79 Å². The van der Waals surface area contributed by atoms with E-state index < -0.39 is 0 Å². The Morgan fingerprint density at radius 1 is 1.10 bits per heavy atom. The Balaban J connectivity index is 2.23. The Morgan fingerprint density at radius 3 is 2.40 bits per heavy atom. The Labute approximate surface area is 127 Å². The molecule has 2 aromatic rings. The fourth-order valence-electron chi connectivity index (χ4n) is 1.87. The van der Waals surface area contributed by atoms with Crippen molar-refractivity contribution in [2.75, 3.05) is 12.4 Å². The van der Waals surface area contributed by atoms with Crippen molar-refractivity contribution in [3.8, 4) is 0 Å². The van der Waals surface area contributed by atoms with Crippen LogP contribution in [0.1, 0.15) is 15.9 Å². The molecule has 0 spiro atoms. The zero-order valence-corrected chi connectivity index (χ0v) is 12.4. The van der Waals surface area contributed by atoms with Gasteiger partial charge in [-0.1, -0.05) is 41.4 Å². The molecule has 0 saturated heterocycles. The van der Waals surface area contributed by atoms with E-state index in [1.165, 1.54) is 0 Å². The number of benzene rings is 2. The van der Waals surface area contributed by atoms with E-state index in [2.05, 4.69) is 10.6 Å². The molecule has 1 amide bonds. The zero-order valence-electron chi connectivity index (χ0n) is 10.9. The molecule has 0 unspecified atom stereocenters. The number of nitrogens with one attached hydrogen (secondary N) is 2. The van der Waals surface area contributed by atoms with Crippen LogP contribution in [-0.2, 0) is 6.54 Å². The van der Waals surface area contributed by atoms with Crippen LogP contribution < -0.4 is 10.6 Å². The second kappa shape index (κ2) is 6.75. The van der Waals surface area contributed by atoms with Gasteiger partial charge in [0.1, 0.15) is 0 Å². The lowest BCUT2D eigenvalue weighted by Crippen LogP contribution is -2.15. The molecule has 0 aliphatic carbocycles. The van der Waals surface area contributed by atoms with Gasteiger partial charge in [-0.15, -0.1) is 0 Å². The molecular formula is C15H14Cl2N2O. The lowest BCUT2D eigenvalue weighted by Gasteiger charge is -2.11. The third-order valence-electron chi connectivity index (χ3n) is 2.76. The van der Waals surface area contributed by atoms with Crippen LogP contribution in [0.5, 0.6) is 0 Å². The van der Waals surface area contributed by atoms with E-state index in [0.29, 0.717) is 22.2 Å². The molecule has 104 valence electrons. The van der Waals surface area contributed by atoms with Crippen molar-refractivity contribution in [3.63, 3.8) is 0 Å². The summed E-state index contributed by atoms with van der Waals surface area (Å²) in [5.74, 6) is -0.238. The van der Waals surface area contributed by atoms with Crippen molar-refractivity contribution >= 4 is 34.8 Å². The largest absolute Gasteiger partial charge is 0.322 e. The minimum Gasteiger partial charge on any atom is -0.322 e. The number of para-hydroxylation sites is 1. The minimum absolute atomic E-state index is 0.238. The van der Waals surface area contributed by atoms with E-state index in [1.54, 1.807) is 18.2 Å². The molecule has 0 atom stereocenters. The van der Waals surface area contributed by atoms with Crippen LogP contribution in [0.3, 0.4) is 0 Å². The quantitative estimate of drug-likeness (QED) is 0.897. The summed E-state index contributed by atoms with van der Waals surface area (Å²) in [6, 6.07) is 12.4. The molecule has 2 rings (SSSR count). The lowest BCUT2D eigenvalue weighted by atomic mass is 10.1. The number of hydrogen-bond donors (Lipinski definition) is 2. The standard InChI is InChI=1S/C15H14Cl2N2O/c1-18-9-10-4-2-3-5-14(10)19-15(20)11-6-12(16)8-13(17)7-11/h2-8,18H,9H2,1H3,(H,19,20). The molecule has 2 aromatic carbocycles. The molecule has 0 radical (unpaired) electrons. The van der Waals surface area contributed by atoms with Gasteiger partial charge in [0.2, 0.25) is 0 Å². The molecule has 0 aliphatic rings. The Kier molecular flexibility index (Phi) is 5.01. The fourth-order valence-corrected chi connectivity index (χ4v) is 2.39. The molecule has 0 aromatic heterocycles. The Morgan fingerprint density at radius 2 is 1.75 bits per heavy atom. The van der Waals surface area contributed by atoms with E-state index in [9.17, 15) is 4.79 Å². The highest BCUT2D eigenvalue weighted by Crippen LogP contribution is 2.21. The normalized spacial score (nSPS) is 10.3. The highest BCUT2D eigenvalue weighted by atomic mass is 35.5. The van der Waals surface area contributed by atoms with Gasteiger partial charge in [0.15, 0.2) is 0 Å². The van der Waals surface area contributed by atoms with Gasteiger partial charge in [0, 0.05) is 27.8 Å². The summed E-state index contributed by atoms with van der Waals surface area (Å²) in [7, 11) is 1.86. The second-order valence-electron chi connectivity index (χ2n) is 4.30. The minimum atomic E-state index is -0.238. The number of hydrogen-bond acceptors (Lipinski definition) is 2. The van der Waals surface area contributed by atoms with Crippen molar-refractivity contribution in [2.45, 2.75) is 6.54 Å². The third kappa shape index (κ3) is 3.73. The Bertz CT molecular complexity index is 609. The van der Waals surface area contributed by atoms with Crippen LogP contribution in [0.15, 0.2) is 42.5 Å². The van der Waals surface area contributed by atoms with Crippen molar-refractivity contribution in [1.82, 2.24) is 5.32 Å². The average molecular weight is 309 g/mol. The van der Waals surface area contributed by atoms with E-state index in [0.717, 1.165) is 11.3 Å². The molecule has 3 nitrogen and oxygen atoms in total. The maximum atomic E-state index is 12.2. The molecule has 2 N–H and O–H groups in total. The second-order valence-corrected chi connectivity index (χ2v) is 5.17.